The average Bonchev–Trinajstić information content (AvgIpc) is 1.60. The van der Waals surface area contributed by atoms with Gasteiger partial charge in [0, 0.05) is 0 Å². The molecule has 10 heavy (non-hydrogen) atoms. The van der Waals surface area contributed by atoms with E-state index >= 15 is 0 Å². The van der Waals surface area contributed by atoms with Crippen molar-refractivity contribution in [2.24, 2.45) is 0 Å². The van der Waals surface area contributed by atoms with E-state index in [4.69, 9.17) is 25.0 Å². The van der Waals surface area contributed by atoms with Gasteiger partial charge in [-0.25, -0.2) is 0 Å². The Kier molecular flexibility index (Phi) is 3.40. The fraction of sp³-hybridized carbons (Fsp3) is 0. The van der Waals surface area contributed by atoms with Crippen molar-refractivity contribution < 1.29 is 18.9 Å². The van der Waals surface area contributed by atoms with Crippen molar-refractivity contribution in [1.82, 2.24) is 4.86 Å². The van der Waals surface area contributed by atoms with Gasteiger partial charge in [0.15, 0.2) is 10.5 Å². The maximum absolute atomic E-state index is 8.73. The smallest absolute Gasteiger partial charge is 0.287 e. The molecule has 0 aliphatic carbocycles. The maximum atomic E-state index is 8.73. The Hall–Kier alpha value is 0.477. The number of rotatable bonds is 3. The molecule has 62 valence electrons. The van der Waals surface area contributed by atoms with Gasteiger partial charge in [-0.15, -0.1) is 0 Å². The molecular weight excluding hydrogens is 196 g/mol. The van der Waals surface area contributed by atoms with Gasteiger partial charge in [0.05, 0.1) is 0 Å². The van der Waals surface area contributed by atoms with Crippen LogP contribution in [0.2, 0.25) is 0 Å². The fourth-order valence-electron chi connectivity index (χ4n) is 0.230. The molecular formula is H9N3O4P2Si. The van der Waals surface area contributed by atoms with E-state index in [9.17, 15) is 0 Å². The monoisotopic (exact) mass is 205 g/mol. The molecule has 0 heterocycles. The van der Waals surface area contributed by atoms with Crippen LogP contribution in [-0.4, -0.2) is 25.2 Å². The summed E-state index contributed by atoms with van der Waals surface area (Å²) in [5.41, 5.74) is 0. The molecule has 0 saturated carbocycles. The Morgan fingerprint density at radius 3 is 1.80 bits per heavy atom. The van der Waals surface area contributed by atoms with Crippen LogP contribution in [0, 0.1) is 10.3 Å². The van der Waals surface area contributed by atoms with Crippen molar-refractivity contribution in [2.75, 3.05) is 0 Å². The van der Waals surface area contributed by atoms with Gasteiger partial charge in [-0.3, -0.25) is 10.3 Å². The second-order valence-electron chi connectivity index (χ2n) is 1.46. The molecule has 1 unspecified atom stereocenters. The second-order valence-corrected chi connectivity index (χ2v) is 6.07. The van der Waals surface area contributed by atoms with Crippen LogP contribution >= 0.6 is 15.3 Å². The van der Waals surface area contributed by atoms with Gasteiger partial charge in [0.2, 0.25) is 0 Å². The van der Waals surface area contributed by atoms with Crippen molar-refractivity contribution >= 4 is 25.8 Å². The van der Waals surface area contributed by atoms with Crippen LogP contribution in [0.5, 0.6) is 0 Å². The van der Waals surface area contributed by atoms with Gasteiger partial charge >= 0.3 is 0 Å². The lowest BCUT2D eigenvalue weighted by atomic mass is 13.9. The first-order chi connectivity index (χ1) is 4.27. The maximum Gasteiger partial charge on any atom is 0.287 e. The average molecular weight is 205 g/mol. The van der Waals surface area contributed by atoms with E-state index in [0.717, 1.165) is 0 Å². The number of hydrogen-bond acceptors (Lipinski definition) is 3. The van der Waals surface area contributed by atoms with Gasteiger partial charge < -0.3 is 18.9 Å². The SMILES string of the molecule is N=P(O)(O)NP(=N)(O)O[SiH3]. The number of hydrogen-bond donors (Lipinski definition) is 6. The molecule has 0 fully saturated rings. The van der Waals surface area contributed by atoms with E-state index in [1.807, 2.05) is 0 Å². The molecule has 7 nitrogen and oxygen atoms in total. The summed E-state index contributed by atoms with van der Waals surface area (Å²) in [6.45, 7) is 0. The van der Waals surface area contributed by atoms with Crippen molar-refractivity contribution in [2.45, 2.75) is 0 Å². The zero-order valence-corrected chi connectivity index (χ0v) is 8.93. The van der Waals surface area contributed by atoms with E-state index in [1.54, 1.807) is 4.86 Å². The van der Waals surface area contributed by atoms with Crippen molar-refractivity contribution in [3.05, 3.63) is 0 Å². The summed E-state index contributed by atoms with van der Waals surface area (Å²) in [7, 11) is -7.56. The lowest BCUT2D eigenvalue weighted by molar-refractivity contribution is 0.437. The predicted molar refractivity (Wildman–Crippen MR) is 40.1 cm³/mol. The Morgan fingerprint density at radius 2 is 1.70 bits per heavy atom. The third-order valence-electron chi connectivity index (χ3n) is 0.539. The molecule has 1 atom stereocenters. The highest BCUT2D eigenvalue weighted by Gasteiger charge is 2.19. The summed E-state index contributed by atoms with van der Waals surface area (Å²) in [6.07, 6.45) is 0. The molecule has 10 heteroatoms. The van der Waals surface area contributed by atoms with Gasteiger partial charge in [0.25, 0.3) is 15.3 Å². The van der Waals surface area contributed by atoms with Crippen LogP contribution in [0.4, 0.5) is 0 Å². The molecule has 0 aliphatic rings. The van der Waals surface area contributed by atoms with Crippen LogP contribution in [0.1, 0.15) is 0 Å². The van der Waals surface area contributed by atoms with Crippen LogP contribution in [0.25, 0.3) is 0 Å². The highest BCUT2D eigenvalue weighted by atomic mass is 31.3. The minimum atomic E-state index is -4.04. The van der Waals surface area contributed by atoms with E-state index in [0.29, 0.717) is 0 Å². The van der Waals surface area contributed by atoms with E-state index < -0.39 is 15.3 Å². The van der Waals surface area contributed by atoms with E-state index in [-0.39, 0.29) is 10.5 Å². The first kappa shape index (κ1) is 10.5. The van der Waals surface area contributed by atoms with Crippen LogP contribution in [-0.2, 0) is 4.21 Å². The Morgan fingerprint density at radius 1 is 1.30 bits per heavy atom. The zero-order chi connectivity index (χ0) is 8.41. The molecule has 6 N–H and O–H groups in total. The van der Waals surface area contributed by atoms with E-state index in [1.165, 1.54) is 0 Å². The van der Waals surface area contributed by atoms with Crippen LogP contribution in [0.3, 0.4) is 0 Å². The van der Waals surface area contributed by atoms with Gasteiger partial charge in [-0.2, -0.15) is 4.86 Å². The molecule has 0 saturated heterocycles. The van der Waals surface area contributed by atoms with Crippen molar-refractivity contribution in [3.8, 4) is 0 Å². The highest BCUT2D eigenvalue weighted by molar-refractivity contribution is 7.67. The third-order valence-corrected chi connectivity index (χ3v) is 4.85. The molecule has 0 spiro atoms. The van der Waals surface area contributed by atoms with Crippen LogP contribution < -0.4 is 4.86 Å². The molecule has 0 rings (SSSR count). The Bertz CT molecular complexity index is 197. The minimum absolute atomic E-state index is 0.102. The molecule has 0 bridgehead atoms. The largest absolute Gasteiger partial charge is 0.366 e. The summed E-state index contributed by atoms with van der Waals surface area (Å²) in [5, 5.41) is 13.3. The molecule has 0 radical (unpaired) electrons. The van der Waals surface area contributed by atoms with Crippen LogP contribution in [0.15, 0.2) is 0 Å². The first-order valence-electron chi connectivity index (χ1n) is 2.09. The first-order valence-corrected chi connectivity index (χ1v) is 6.26. The summed E-state index contributed by atoms with van der Waals surface area (Å²) >= 11 is 0. The quantitative estimate of drug-likeness (QED) is 0.257. The van der Waals surface area contributed by atoms with Crippen molar-refractivity contribution in [3.63, 3.8) is 0 Å². The van der Waals surface area contributed by atoms with E-state index in [2.05, 4.69) is 4.21 Å². The predicted octanol–water partition coefficient (Wildman–Crippen LogP) is -1.10. The minimum Gasteiger partial charge on any atom is -0.366 e. The number of nitrogens with one attached hydrogen (secondary N) is 3. The highest BCUT2D eigenvalue weighted by Crippen LogP contribution is 2.48. The van der Waals surface area contributed by atoms with Gasteiger partial charge in [0.1, 0.15) is 0 Å². The summed E-state index contributed by atoms with van der Waals surface area (Å²) in [5.74, 6) is 0. The third kappa shape index (κ3) is 5.28. The normalized spacial score (nSPS) is 18.7. The summed E-state index contributed by atoms with van der Waals surface area (Å²) in [4.78, 5) is 27.1. The fourth-order valence-corrected chi connectivity index (χ4v) is 2.80. The topological polar surface area (TPSA) is 130 Å². The lowest BCUT2D eigenvalue weighted by Gasteiger charge is -2.16. The zero-order valence-electron chi connectivity index (χ0n) is 5.14. The standard InChI is InChI=1S/H9N3O4P2Si/c1-8(4,5)3-9(2,6)7-10/h10H3,(H6,1,2,3,4,5,6). The summed E-state index contributed by atoms with van der Waals surface area (Å²) < 4.78 is 4.26. The van der Waals surface area contributed by atoms with Gasteiger partial charge in [-0.05, 0) is 0 Å². The van der Waals surface area contributed by atoms with Gasteiger partial charge in [-0.1, -0.05) is 0 Å². The second kappa shape index (κ2) is 3.25. The Balaban J connectivity index is 4.17. The Labute approximate surface area is 60.7 Å². The molecule has 0 aliphatic heterocycles. The summed E-state index contributed by atoms with van der Waals surface area (Å²) in [6, 6.07) is 0. The lowest BCUT2D eigenvalue weighted by Crippen LogP contribution is -2.06. The van der Waals surface area contributed by atoms with Crippen molar-refractivity contribution in [1.29, 1.82) is 10.3 Å². The molecule has 0 amide bonds. The molecule has 0 aromatic heterocycles. The molecule has 0 aromatic rings. The molecule has 0 aromatic carbocycles.